The summed E-state index contributed by atoms with van der Waals surface area (Å²) in [5.74, 6) is -0.303. The number of rotatable bonds is 7. The molecule has 1 fully saturated rings. The summed E-state index contributed by atoms with van der Waals surface area (Å²) in [5.41, 5.74) is 2.31. The van der Waals surface area contributed by atoms with E-state index in [0.717, 1.165) is 16.5 Å². The largest absolute Gasteiger partial charge is 0.491 e. The highest BCUT2D eigenvalue weighted by Gasteiger charge is 2.35. The molecule has 1 unspecified atom stereocenters. The van der Waals surface area contributed by atoms with Crippen LogP contribution in [0.3, 0.4) is 0 Å². The van der Waals surface area contributed by atoms with Crippen molar-refractivity contribution in [3.05, 3.63) is 53.9 Å². The zero-order valence-corrected chi connectivity index (χ0v) is 19.2. The molecular weight excluding hydrogens is 430 g/mol. The molecule has 32 heavy (non-hydrogen) atoms. The SMILES string of the molecule is Cc1cc(S(=O)(=O)N2CCC(c3cn(CC(=O)O)c4ncccc34)C2)ccc1OC(C)C. The third kappa shape index (κ3) is 4.22. The van der Waals surface area contributed by atoms with Gasteiger partial charge < -0.3 is 14.4 Å². The first-order valence-electron chi connectivity index (χ1n) is 10.6. The average molecular weight is 458 g/mol. The second kappa shape index (κ2) is 8.55. The number of aromatic nitrogens is 2. The molecule has 9 heteroatoms. The third-order valence-corrected chi connectivity index (χ3v) is 7.57. The minimum atomic E-state index is -3.65. The molecule has 3 aromatic rings. The summed E-state index contributed by atoms with van der Waals surface area (Å²) in [6.07, 6.45) is 4.10. The molecule has 1 atom stereocenters. The van der Waals surface area contributed by atoms with E-state index in [2.05, 4.69) is 4.98 Å². The summed E-state index contributed by atoms with van der Waals surface area (Å²) in [7, 11) is -3.65. The number of aliphatic carboxylic acids is 1. The quantitative estimate of drug-likeness (QED) is 0.584. The van der Waals surface area contributed by atoms with Gasteiger partial charge in [0.25, 0.3) is 0 Å². The molecule has 1 aromatic carbocycles. The molecule has 1 aliphatic heterocycles. The number of aryl methyl sites for hydroxylation is 1. The standard InChI is InChI=1S/C23H27N3O5S/c1-15(2)31-21-7-6-18(11-16(21)3)32(29,30)26-10-8-17(12-26)20-13-25(14-22(27)28)23-19(20)5-4-9-24-23/h4-7,9,11,13,15,17H,8,10,12,14H2,1-3H3,(H,27,28). The highest BCUT2D eigenvalue weighted by atomic mass is 32.2. The van der Waals surface area contributed by atoms with Gasteiger partial charge in [0.2, 0.25) is 10.0 Å². The summed E-state index contributed by atoms with van der Waals surface area (Å²) in [5, 5.41) is 10.1. The van der Waals surface area contributed by atoms with Gasteiger partial charge in [-0.3, -0.25) is 4.79 Å². The van der Waals surface area contributed by atoms with Crippen molar-refractivity contribution in [2.45, 2.75) is 50.7 Å². The molecule has 2 aromatic heterocycles. The lowest BCUT2D eigenvalue weighted by Gasteiger charge is -2.18. The Morgan fingerprint density at radius 2 is 2.09 bits per heavy atom. The van der Waals surface area contributed by atoms with Crippen LogP contribution in [-0.2, 0) is 21.4 Å². The molecule has 0 radical (unpaired) electrons. The minimum absolute atomic E-state index is 0.00763. The predicted molar refractivity (Wildman–Crippen MR) is 120 cm³/mol. The van der Waals surface area contributed by atoms with Crippen molar-refractivity contribution in [1.82, 2.24) is 13.9 Å². The van der Waals surface area contributed by atoms with Crippen LogP contribution >= 0.6 is 0 Å². The maximum Gasteiger partial charge on any atom is 0.323 e. The van der Waals surface area contributed by atoms with Crippen LogP contribution < -0.4 is 4.74 Å². The van der Waals surface area contributed by atoms with Crippen molar-refractivity contribution in [1.29, 1.82) is 0 Å². The number of ether oxygens (including phenoxy) is 1. The van der Waals surface area contributed by atoms with E-state index < -0.39 is 16.0 Å². The lowest BCUT2D eigenvalue weighted by atomic mass is 9.99. The van der Waals surface area contributed by atoms with Gasteiger partial charge in [-0.25, -0.2) is 13.4 Å². The maximum absolute atomic E-state index is 13.3. The second-order valence-electron chi connectivity index (χ2n) is 8.42. The average Bonchev–Trinajstić information content (AvgIpc) is 3.35. The van der Waals surface area contributed by atoms with Crippen LogP contribution in [0.1, 0.15) is 37.3 Å². The molecule has 170 valence electrons. The highest BCUT2D eigenvalue weighted by Crippen LogP contribution is 2.36. The van der Waals surface area contributed by atoms with Crippen molar-refractivity contribution in [2.24, 2.45) is 0 Å². The second-order valence-corrected chi connectivity index (χ2v) is 10.4. The van der Waals surface area contributed by atoms with Gasteiger partial charge in [0, 0.05) is 36.8 Å². The Balaban J connectivity index is 1.60. The van der Waals surface area contributed by atoms with Crippen LogP contribution in [0.4, 0.5) is 0 Å². The first-order valence-corrected chi connectivity index (χ1v) is 12.0. The molecule has 4 rings (SSSR count). The summed E-state index contributed by atoms with van der Waals surface area (Å²) in [6.45, 7) is 6.25. The number of carboxylic acid groups (broad SMARTS) is 1. The van der Waals surface area contributed by atoms with Crippen LogP contribution in [-0.4, -0.2) is 52.5 Å². The lowest BCUT2D eigenvalue weighted by Crippen LogP contribution is -2.28. The number of carboxylic acids is 1. The zero-order valence-electron chi connectivity index (χ0n) is 18.4. The number of carbonyl (C=O) groups is 1. The van der Waals surface area contributed by atoms with Crippen LogP contribution in [0.5, 0.6) is 5.75 Å². The predicted octanol–water partition coefficient (Wildman–Crippen LogP) is 3.39. The highest BCUT2D eigenvalue weighted by molar-refractivity contribution is 7.89. The Bertz CT molecular complexity index is 1270. The van der Waals surface area contributed by atoms with Gasteiger partial charge in [0.05, 0.1) is 11.0 Å². The molecule has 8 nitrogen and oxygen atoms in total. The van der Waals surface area contributed by atoms with E-state index in [4.69, 9.17) is 4.74 Å². The molecule has 1 N–H and O–H groups in total. The topological polar surface area (TPSA) is 102 Å². The lowest BCUT2D eigenvalue weighted by molar-refractivity contribution is -0.137. The van der Waals surface area contributed by atoms with E-state index in [1.165, 1.54) is 4.31 Å². The number of hydrogen-bond donors (Lipinski definition) is 1. The van der Waals surface area contributed by atoms with Gasteiger partial charge >= 0.3 is 5.97 Å². The first kappa shape index (κ1) is 22.3. The van der Waals surface area contributed by atoms with Crippen molar-refractivity contribution in [2.75, 3.05) is 13.1 Å². The van der Waals surface area contributed by atoms with Gasteiger partial charge in [-0.05, 0) is 68.7 Å². The zero-order chi connectivity index (χ0) is 23.0. The monoisotopic (exact) mass is 457 g/mol. The molecule has 0 saturated carbocycles. The summed E-state index contributed by atoms with van der Waals surface area (Å²) >= 11 is 0. The van der Waals surface area contributed by atoms with Crippen LogP contribution in [0.2, 0.25) is 0 Å². The van der Waals surface area contributed by atoms with Crippen LogP contribution in [0.25, 0.3) is 11.0 Å². The molecule has 0 aliphatic carbocycles. The minimum Gasteiger partial charge on any atom is -0.491 e. The smallest absolute Gasteiger partial charge is 0.323 e. The Morgan fingerprint density at radius 3 is 2.78 bits per heavy atom. The summed E-state index contributed by atoms with van der Waals surface area (Å²) < 4.78 is 35.4. The number of fused-ring (bicyclic) bond motifs is 1. The van der Waals surface area contributed by atoms with E-state index in [1.807, 2.05) is 32.9 Å². The Labute approximate surface area is 187 Å². The third-order valence-electron chi connectivity index (χ3n) is 5.71. The van der Waals surface area contributed by atoms with E-state index in [-0.39, 0.29) is 23.5 Å². The fourth-order valence-electron chi connectivity index (χ4n) is 4.26. The first-order chi connectivity index (χ1) is 15.2. The van der Waals surface area contributed by atoms with Crippen molar-refractivity contribution in [3.63, 3.8) is 0 Å². The molecule has 1 aliphatic rings. The van der Waals surface area contributed by atoms with Crippen LogP contribution in [0.15, 0.2) is 47.6 Å². The van der Waals surface area contributed by atoms with E-state index in [9.17, 15) is 18.3 Å². The van der Waals surface area contributed by atoms with E-state index >= 15 is 0 Å². The molecule has 0 bridgehead atoms. The molecule has 3 heterocycles. The van der Waals surface area contributed by atoms with Crippen molar-refractivity contribution < 1.29 is 23.1 Å². The molecular formula is C23H27N3O5S. The summed E-state index contributed by atoms with van der Waals surface area (Å²) in [4.78, 5) is 15.8. The van der Waals surface area contributed by atoms with Gasteiger partial charge in [-0.15, -0.1) is 0 Å². The number of hydrogen-bond acceptors (Lipinski definition) is 5. The van der Waals surface area contributed by atoms with E-state index in [0.29, 0.717) is 30.9 Å². The Kier molecular flexibility index (Phi) is 5.96. The number of sulfonamides is 1. The normalized spacial score (nSPS) is 17.3. The van der Waals surface area contributed by atoms with Gasteiger partial charge in [-0.2, -0.15) is 4.31 Å². The van der Waals surface area contributed by atoms with Gasteiger partial charge in [0.1, 0.15) is 17.9 Å². The molecule has 0 spiro atoms. The van der Waals surface area contributed by atoms with Crippen LogP contribution in [0, 0.1) is 6.92 Å². The molecule has 0 amide bonds. The van der Waals surface area contributed by atoms with Gasteiger partial charge in [0.15, 0.2) is 0 Å². The van der Waals surface area contributed by atoms with Gasteiger partial charge in [-0.1, -0.05) is 0 Å². The number of benzene rings is 1. The molecule has 1 saturated heterocycles. The Morgan fingerprint density at radius 1 is 1.31 bits per heavy atom. The number of pyridine rings is 1. The fourth-order valence-corrected chi connectivity index (χ4v) is 5.85. The van der Waals surface area contributed by atoms with Crippen molar-refractivity contribution in [3.8, 4) is 5.75 Å². The maximum atomic E-state index is 13.3. The van der Waals surface area contributed by atoms with Crippen molar-refractivity contribution >= 4 is 27.0 Å². The van der Waals surface area contributed by atoms with E-state index in [1.54, 1.807) is 35.2 Å². The fraction of sp³-hybridized carbons (Fsp3) is 0.391. The number of nitrogens with zero attached hydrogens (tertiary/aromatic N) is 3. The summed E-state index contributed by atoms with van der Waals surface area (Å²) in [6, 6.07) is 8.67. The Hall–Kier alpha value is -2.91.